The summed E-state index contributed by atoms with van der Waals surface area (Å²) >= 11 is 0. The highest BCUT2D eigenvalue weighted by molar-refractivity contribution is 6.02. The van der Waals surface area contributed by atoms with E-state index in [9.17, 15) is 14.6 Å². The summed E-state index contributed by atoms with van der Waals surface area (Å²) in [7, 11) is 0. The molecule has 3 N–H and O–H groups in total. The molecular weight excluding hydrogens is 262 g/mol. The van der Waals surface area contributed by atoms with Crippen molar-refractivity contribution in [1.82, 2.24) is 5.32 Å². The van der Waals surface area contributed by atoms with Crippen molar-refractivity contribution in [3.8, 4) is 6.07 Å². The standard InChI is InChI=1S/C12H11N5O3/c1-2-15-12(18)8(6-13)3-7-4-9(14)11(17-20)10(5-7)16-19/h3-5H,2,14H2,1H3,(H,15,18)/b8-3+. The molecule has 1 aromatic carbocycles. The molecule has 0 aliphatic rings. The van der Waals surface area contributed by atoms with Gasteiger partial charge in [0.15, 0.2) is 5.69 Å². The van der Waals surface area contributed by atoms with E-state index in [2.05, 4.69) is 15.7 Å². The van der Waals surface area contributed by atoms with Gasteiger partial charge in [-0.1, -0.05) is 0 Å². The molecule has 0 aromatic heterocycles. The zero-order valence-corrected chi connectivity index (χ0v) is 10.6. The van der Waals surface area contributed by atoms with Gasteiger partial charge >= 0.3 is 0 Å². The minimum absolute atomic E-state index is 0.0588. The second-order valence-corrected chi connectivity index (χ2v) is 3.69. The molecule has 1 aromatic rings. The van der Waals surface area contributed by atoms with Gasteiger partial charge in [0.25, 0.3) is 5.91 Å². The van der Waals surface area contributed by atoms with E-state index in [4.69, 9.17) is 11.0 Å². The van der Waals surface area contributed by atoms with Crippen LogP contribution in [-0.4, -0.2) is 12.5 Å². The monoisotopic (exact) mass is 273 g/mol. The molecule has 0 unspecified atom stereocenters. The van der Waals surface area contributed by atoms with Crippen molar-refractivity contribution in [3.63, 3.8) is 0 Å². The number of nitrogens with two attached hydrogens (primary N) is 1. The number of nitrogens with one attached hydrogen (secondary N) is 1. The first kappa shape index (κ1) is 15.0. The van der Waals surface area contributed by atoms with Crippen LogP contribution in [0.3, 0.4) is 0 Å². The van der Waals surface area contributed by atoms with E-state index in [1.54, 1.807) is 13.0 Å². The first-order chi connectivity index (χ1) is 9.57. The number of carbonyl (C=O) groups is 1. The third-order valence-corrected chi connectivity index (χ3v) is 2.34. The molecule has 102 valence electrons. The molecule has 0 fully saturated rings. The van der Waals surface area contributed by atoms with Crippen LogP contribution in [0.4, 0.5) is 17.1 Å². The second kappa shape index (κ2) is 6.75. The molecule has 8 nitrogen and oxygen atoms in total. The number of amides is 1. The summed E-state index contributed by atoms with van der Waals surface area (Å²) in [5.41, 5.74) is 5.12. The Bertz CT molecular complexity index is 631. The molecule has 0 spiro atoms. The van der Waals surface area contributed by atoms with Crippen molar-refractivity contribution >= 4 is 29.0 Å². The summed E-state index contributed by atoms with van der Waals surface area (Å²) in [6, 6.07) is 4.28. The van der Waals surface area contributed by atoms with Crippen LogP contribution >= 0.6 is 0 Å². The van der Waals surface area contributed by atoms with E-state index in [0.717, 1.165) is 0 Å². The Morgan fingerprint density at radius 2 is 2.15 bits per heavy atom. The maximum atomic E-state index is 11.6. The number of rotatable bonds is 5. The van der Waals surface area contributed by atoms with Gasteiger partial charge in [-0.3, -0.25) is 4.79 Å². The molecule has 1 amide bonds. The lowest BCUT2D eigenvalue weighted by Gasteiger charge is -2.03. The Morgan fingerprint density at radius 3 is 2.65 bits per heavy atom. The fourth-order valence-corrected chi connectivity index (χ4v) is 1.49. The lowest BCUT2D eigenvalue weighted by atomic mass is 10.1. The number of nitriles is 1. The van der Waals surface area contributed by atoms with Crippen LogP contribution in [0.2, 0.25) is 0 Å². The largest absolute Gasteiger partial charge is 0.397 e. The molecule has 1 rings (SSSR count). The summed E-state index contributed by atoms with van der Waals surface area (Å²) in [6.45, 7) is 2.08. The van der Waals surface area contributed by atoms with Crippen LogP contribution in [0, 0.1) is 21.1 Å². The smallest absolute Gasteiger partial charge is 0.261 e. The number of hydrogen-bond acceptors (Lipinski definition) is 7. The van der Waals surface area contributed by atoms with Gasteiger partial charge in [-0.2, -0.15) is 5.26 Å². The summed E-state index contributed by atoms with van der Waals surface area (Å²) < 4.78 is 0. The maximum absolute atomic E-state index is 11.6. The molecular formula is C12H11N5O3. The van der Waals surface area contributed by atoms with Gasteiger partial charge in [-0.15, -0.1) is 9.81 Å². The summed E-state index contributed by atoms with van der Waals surface area (Å²) in [4.78, 5) is 32.7. The van der Waals surface area contributed by atoms with Crippen molar-refractivity contribution in [2.75, 3.05) is 12.3 Å². The number of hydrogen-bond donors (Lipinski definition) is 2. The number of carbonyl (C=O) groups excluding carboxylic acids is 1. The fraction of sp³-hybridized carbons (Fsp3) is 0.167. The van der Waals surface area contributed by atoms with E-state index in [1.165, 1.54) is 18.2 Å². The second-order valence-electron chi connectivity index (χ2n) is 3.69. The normalized spacial score (nSPS) is 10.5. The van der Waals surface area contributed by atoms with E-state index in [0.29, 0.717) is 12.1 Å². The maximum Gasteiger partial charge on any atom is 0.261 e. The Hall–Kier alpha value is -3.08. The predicted molar refractivity (Wildman–Crippen MR) is 74.0 cm³/mol. The minimum atomic E-state index is -0.549. The molecule has 0 saturated heterocycles. The highest BCUT2D eigenvalue weighted by Crippen LogP contribution is 2.35. The highest BCUT2D eigenvalue weighted by Gasteiger charge is 2.12. The zero-order chi connectivity index (χ0) is 15.1. The number of likely N-dealkylation sites (N-methyl/N-ethyl adjacent to an activating group) is 1. The van der Waals surface area contributed by atoms with Crippen molar-refractivity contribution in [2.24, 2.45) is 10.4 Å². The minimum Gasteiger partial charge on any atom is -0.397 e. The molecule has 0 bridgehead atoms. The number of nitroso groups, excluding NO2 is 2. The topological polar surface area (TPSA) is 138 Å². The van der Waals surface area contributed by atoms with Crippen LogP contribution in [0.5, 0.6) is 0 Å². The van der Waals surface area contributed by atoms with Gasteiger partial charge in [0, 0.05) is 6.54 Å². The Labute approximate surface area is 114 Å². The lowest BCUT2D eigenvalue weighted by molar-refractivity contribution is -0.116. The molecule has 0 aliphatic carbocycles. The Morgan fingerprint density at radius 1 is 1.45 bits per heavy atom. The fourth-order valence-electron chi connectivity index (χ4n) is 1.49. The van der Waals surface area contributed by atoms with Gasteiger partial charge in [-0.05, 0) is 41.0 Å². The van der Waals surface area contributed by atoms with E-state index < -0.39 is 5.91 Å². The van der Waals surface area contributed by atoms with E-state index in [-0.39, 0.29) is 22.6 Å². The third-order valence-electron chi connectivity index (χ3n) is 2.34. The molecule has 20 heavy (non-hydrogen) atoms. The van der Waals surface area contributed by atoms with E-state index >= 15 is 0 Å². The van der Waals surface area contributed by atoms with Crippen LogP contribution in [0.15, 0.2) is 28.1 Å². The first-order valence-electron chi connectivity index (χ1n) is 5.57. The molecule has 0 radical (unpaired) electrons. The number of benzene rings is 1. The number of nitrogens with zero attached hydrogens (tertiary/aromatic N) is 3. The van der Waals surface area contributed by atoms with Gasteiger partial charge in [0.2, 0.25) is 0 Å². The van der Waals surface area contributed by atoms with Crippen molar-refractivity contribution in [1.29, 1.82) is 5.26 Å². The molecule has 0 saturated carbocycles. The van der Waals surface area contributed by atoms with Crippen LogP contribution in [0.1, 0.15) is 12.5 Å². The molecule has 0 heterocycles. The summed E-state index contributed by atoms with van der Waals surface area (Å²) in [5.74, 6) is -0.549. The van der Waals surface area contributed by atoms with E-state index in [1.807, 2.05) is 0 Å². The summed E-state index contributed by atoms with van der Waals surface area (Å²) in [5, 5.41) is 16.6. The average molecular weight is 273 g/mol. The van der Waals surface area contributed by atoms with Gasteiger partial charge < -0.3 is 11.1 Å². The highest BCUT2D eigenvalue weighted by atomic mass is 16.3. The quantitative estimate of drug-likeness (QED) is 0.366. The third kappa shape index (κ3) is 3.23. The van der Waals surface area contributed by atoms with Crippen LogP contribution < -0.4 is 11.1 Å². The van der Waals surface area contributed by atoms with Crippen LogP contribution in [-0.2, 0) is 4.79 Å². The van der Waals surface area contributed by atoms with Crippen LogP contribution in [0.25, 0.3) is 6.08 Å². The number of anilines is 1. The first-order valence-corrected chi connectivity index (χ1v) is 5.57. The predicted octanol–water partition coefficient (Wildman–Crippen LogP) is 2.11. The van der Waals surface area contributed by atoms with Gasteiger partial charge in [0.05, 0.1) is 5.69 Å². The van der Waals surface area contributed by atoms with Gasteiger partial charge in [0.1, 0.15) is 17.3 Å². The lowest BCUT2D eigenvalue weighted by Crippen LogP contribution is -2.23. The van der Waals surface area contributed by atoms with Crippen molar-refractivity contribution in [2.45, 2.75) is 6.92 Å². The average Bonchev–Trinajstić information content (AvgIpc) is 2.44. The Kier molecular flexibility index (Phi) is 5.05. The van der Waals surface area contributed by atoms with Crippen molar-refractivity contribution in [3.05, 3.63) is 33.1 Å². The molecule has 0 aliphatic heterocycles. The SMILES string of the molecule is CCNC(=O)/C(C#N)=C/c1cc(N)c(N=O)c(N=O)c1. The molecule has 0 atom stereocenters. The Balaban J connectivity index is 3.30. The van der Waals surface area contributed by atoms with Gasteiger partial charge in [-0.25, -0.2) is 0 Å². The number of nitrogen functional groups attached to an aromatic ring is 1. The van der Waals surface area contributed by atoms with Crippen molar-refractivity contribution < 1.29 is 4.79 Å². The molecule has 8 heteroatoms. The zero-order valence-electron chi connectivity index (χ0n) is 10.6. The summed E-state index contributed by atoms with van der Waals surface area (Å²) in [6.07, 6.45) is 1.24.